The lowest BCUT2D eigenvalue weighted by Gasteiger charge is -2.19. The van der Waals surface area contributed by atoms with Gasteiger partial charge < -0.3 is 29.6 Å². The van der Waals surface area contributed by atoms with E-state index < -0.39 is 5.97 Å². The number of nitrogens with one attached hydrogen (secondary N) is 2. The highest BCUT2D eigenvalue weighted by atomic mass is 16.5. The van der Waals surface area contributed by atoms with Gasteiger partial charge in [0.15, 0.2) is 5.69 Å². The molecule has 9 heteroatoms. The fourth-order valence-electron chi connectivity index (χ4n) is 4.69. The van der Waals surface area contributed by atoms with Crippen LogP contribution in [0.5, 0.6) is 0 Å². The molecule has 1 amide bonds. The molecule has 4 rings (SSSR count). The van der Waals surface area contributed by atoms with E-state index in [0.29, 0.717) is 55.0 Å². The van der Waals surface area contributed by atoms with Crippen LogP contribution < -0.4 is 10.6 Å². The largest absolute Gasteiger partial charge is 0.464 e. The maximum Gasteiger partial charge on any atom is 0.356 e. The summed E-state index contributed by atoms with van der Waals surface area (Å²) in [4.78, 5) is 33.0. The van der Waals surface area contributed by atoms with Crippen LogP contribution in [0.3, 0.4) is 0 Å². The summed E-state index contributed by atoms with van der Waals surface area (Å²) in [6.07, 6.45) is 3.12. The number of esters is 1. The predicted molar refractivity (Wildman–Crippen MR) is 140 cm³/mol. The van der Waals surface area contributed by atoms with Crippen LogP contribution in [0.4, 0.5) is 11.4 Å². The fourth-order valence-corrected chi connectivity index (χ4v) is 4.69. The monoisotopic (exact) mass is 493 g/mol. The van der Waals surface area contributed by atoms with Crippen molar-refractivity contribution in [2.45, 2.75) is 32.4 Å². The van der Waals surface area contributed by atoms with Crippen LogP contribution >= 0.6 is 0 Å². The normalized spacial score (nSPS) is 16.3. The molecule has 1 aliphatic rings. The quantitative estimate of drug-likeness (QED) is 0.418. The molecule has 1 aromatic carbocycles. The van der Waals surface area contributed by atoms with Crippen molar-refractivity contribution in [2.75, 3.05) is 51.6 Å². The molecule has 0 saturated carbocycles. The number of hydrogen-bond donors (Lipinski definition) is 2. The minimum atomic E-state index is -0.519. The molecule has 1 saturated heterocycles. The average molecular weight is 494 g/mol. The van der Waals surface area contributed by atoms with Crippen molar-refractivity contribution in [3.8, 4) is 0 Å². The number of nitrogens with zero attached hydrogens (tertiary/aromatic N) is 3. The van der Waals surface area contributed by atoms with Crippen molar-refractivity contribution in [3.05, 3.63) is 53.9 Å². The molecule has 0 radical (unpaired) electrons. The number of aryl methyl sites for hydroxylation is 2. The van der Waals surface area contributed by atoms with Crippen LogP contribution in [0.1, 0.15) is 29.4 Å². The topological polar surface area (TPSA) is 97.7 Å². The van der Waals surface area contributed by atoms with Gasteiger partial charge in [-0.25, -0.2) is 9.78 Å². The average Bonchev–Trinajstić information content (AvgIpc) is 3.49. The van der Waals surface area contributed by atoms with E-state index in [9.17, 15) is 9.59 Å². The summed E-state index contributed by atoms with van der Waals surface area (Å²) >= 11 is 0. The van der Waals surface area contributed by atoms with E-state index in [1.807, 2.05) is 55.1 Å². The van der Waals surface area contributed by atoms with Crippen molar-refractivity contribution in [2.24, 2.45) is 5.92 Å². The molecule has 0 bridgehead atoms. The molecular formula is C27H35N5O4. The lowest BCUT2D eigenvalue weighted by molar-refractivity contribution is -0.119. The molecule has 1 fully saturated rings. The first-order chi connectivity index (χ1) is 17.4. The summed E-state index contributed by atoms with van der Waals surface area (Å²) in [5, 5.41) is 7.19. The van der Waals surface area contributed by atoms with Crippen molar-refractivity contribution in [3.63, 3.8) is 0 Å². The number of rotatable bonds is 10. The zero-order valence-electron chi connectivity index (χ0n) is 21.4. The van der Waals surface area contributed by atoms with Crippen LogP contribution in [0, 0.1) is 5.92 Å². The number of pyridine rings is 1. The van der Waals surface area contributed by atoms with Crippen LogP contribution in [0.2, 0.25) is 0 Å². The van der Waals surface area contributed by atoms with Crippen LogP contribution in [0.15, 0.2) is 42.6 Å². The van der Waals surface area contributed by atoms with Gasteiger partial charge in [0.1, 0.15) is 5.65 Å². The molecule has 0 aliphatic carbocycles. The van der Waals surface area contributed by atoms with E-state index in [1.165, 1.54) is 7.11 Å². The van der Waals surface area contributed by atoms with E-state index in [2.05, 4.69) is 22.5 Å². The van der Waals surface area contributed by atoms with E-state index in [-0.39, 0.29) is 17.9 Å². The minimum absolute atomic E-state index is 0.167. The summed E-state index contributed by atoms with van der Waals surface area (Å²) in [5.41, 5.74) is 3.29. The summed E-state index contributed by atoms with van der Waals surface area (Å²) in [5.74, 6) is -0.943. The standard InChI is InChI=1S/C27H35N5O4/c1-18(16-31(2)3)29-21-14-22-23(30-26(33)20-11-13-36-17-20)24(27(34)35-4)32(25(22)28-15-21)12-10-19-8-6-5-7-9-19/h5-9,14-15,18,20,29H,10-13,16-17H2,1-4H3,(H,30,33)/t18-,20-/m0/s1. The summed E-state index contributed by atoms with van der Waals surface area (Å²) in [6, 6.07) is 12.2. The Hall–Kier alpha value is -3.43. The Kier molecular flexibility index (Phi) is 8.22. The maximum absolute atomic E-state index is 13.1. The molecule has 0 spiro atoms. The molecular weight excluding hydrogens is 458 g/mol. The van der Waals surface area contributed by atoms with Crippen LogP contribution in [-0.4, -0.2) is 73.3 Å². The van der Waals surface area contributed by atoms with E-state index in [1.54, 1.807) is 6.20 Å². The third-order valence-electron chi connectivity index (χ3n) is 6.34. The highest BCUT2D eigenvalue weighted by Gasteiger charge is 2.30. The molecule has 192 valence electrons. The zero-order chi connectivity index (χ0) is 25.7. The Morgan fingerprint density at radius 2 is 2.06 bits per heavy atom. The summed E-state index contributed by atoms with van der Waals surface area (Å²) in [7, 11) is 5.40. The number of fused-ring (bicyclic) bond motifs is 1. The van der Waals surface area contributed by atoms with E-state index >= 15 is 0 Å². The van der Waals surface area contributed by atoms with Gasteiger partial charge in [-0.1, -0.05) is 30.3 Å². The molecule has 9 nitrogen and oxygen atoms in total. The van der Waals surface area contributed by atoms with Crippen molar-refractivity contribution >= 4 is 34.3 Å². The van der Waals surface area contributed by atoms with Crippen molar-refractivity contribution < 1.29 is 19.1 Å². The highest BCUT2D eigenvalue weighted by Crippen LogP contribution is 2.34. The Morgan fingerprint density at radius 1 is 1.28 bits per heavy atom. The maximum atomic E-state index is 13.1. The second-order valence-corrected chi connectivity index (χ2v) is 9.55. The Bertz CT molecular complexity index is 1200. The first-order valence-corrected chi connectivity index (χ1v) is 12.3. The Balaban J connectivity index is 1.77. The number of benzene rings is 1. The first kappa shape index (κ1) is 25.7. The molecule has 3 heterocycles. The summed E-state index contributed by atoms with van der Waals surface area (Å²) in [6.45, 7) is 4.37. The number of carbonyl (C=O) groups excluding carboxylic acids is 2. The SMILES string of the molecule is COC(=O)c1c(NC(=O)[C@H]2CCOC2)c2cc(N[C@@H](C)CN(C)C)cnc2n1CCc1ccccc1. The number of ether oxygens (including phenoxy) is 2. The van der Waals surface area contributed by atoms with Crippen LogP contribution in [0.25, 0.3) is 11.0 Å². The first-order valence-electron chi connectivity index (χ1n) is 12.3. The minimum Gasteiger partial charge on any atom is -0.464 e. The van der Waals surface area contributed by atoms with Crippen LogP contribution in [-0.2, 0) is 27.2 Å². The molecule has 2 aromatic heterocycles. The molecule has 0 unspecified atom stereocenters. The molecule has 1 aliphatic heterocycles. The van der Waals surface area contributed by atoms with Gasteiger partial charge in [-0.3, -0.25) is 4.79 Å². The smallest absolute Gasteiger partial charge is 0.356 e. The van der Waals surface area contributed by atoms with Gasteiger partial charge in [0.05, 0.1) is 37.2 Å². The Morgan fingerprint density at radius 3 is 2.72 bits per heavy atom. The zero-order valence-corrected chi connectivity index (χ0v) is 21.4. The second kappa shape index (κ2) is 11.5. The number of aromatic nitrogens is 2. The number of carbonyl (C=O) groups is 2. The van der Waals surface area contributed by atoms with Gasteiger partial charge in [-0.05, 0) is 45.5 Å². The number of likely N-dealkylation sites (N-methyl/N-ethyl adjacent to an activating group) is 1. The van der Waals surface area contributed by atoms with Gasteiger partial charge in [0, 0.05) is 31.1 Å². The van der Waals surface area contributed by atoms with Crippen molar-refractivity contribution in [1.82, 2.24) is 14.5 Å². The fraction of sp³-hybridized carbons (Fsp3) is 0.444. The van der Waals surface area contributed by atoms with Gasteiger partial charge in [-0.15, -0.1) is 0 Å². The van der Waals surface area contributed by atoms with Gasteiger partial charge in [0.25, 0.3) is 0 Å². The molecule has 2 atom stereocenters. The highest BCUT2D eigenvalue weighted by molar-refractivity contribution is 6.11. The lowest BCUT2D eigenvalue weighted by atomic mass is 10.1. The number of amides is 1. The molecule has 36 heavy (non-hydrogen) atoms. The third kappa shape index (κ3) is 5.85. The van der Waals surface area contributed by atoms with Gasteiger partial charge in [-0.2, -0.15) is 0 Å². The van der Waals surface area contributed by atoms with E-state index in [0.717, 1.165) is 17.8 Å². The third-order valence-corrected chi connectivity index (χ3v) is 6.34. The number of hydrogen-bond acceptors (Lipinski definition) is 7. The molecule has 2 N–H and O–H groups in total. The molecule has 3 aromatic rings. The summed E-state index contributed by atoms with van der Waals surface area (Å²) < 4.78 is 12.4. The van der Waals surface area contributed by atoms with Gasteiger partial charge in [0.2, 0.25) is 5.91 Å². The lowest BCUT2D eigenvalue weighted by Crippen LogP contribution is -2.29. The predicted octanol–water partition coefficient (Wildman–Crippen LogP) is 3.40. The number of methoxy groups -OCH3 is 1. The van der Waals surface area contributed by atoms with Crippen molar-refractivity contribution in [1.29, 1.82) is 0 Å². The Labute approximate surface area is 211 Å². The van der Waals surface area contributed by atoms with E-state index in [4.69, 9.17) is 14.5 Å². The van der Waals surface area contributed by atoms with Gasteiger partial charge >= 0.3 is 5.97 Å². The second-order valence-electron chi connectivity index (χ2n) is 9.55. The number of anilines is 2.